The fraction of sp³-hybridized carbons (Fsp3) is 0.333. The minimum atomic E-state index is -5.94. The zero-order chi connectivity index (χ0) is 25.9. The number of carbonyl (C=O) groups excluding carboxylic acids is 1. The van der Waals surface area contributed by atoms with Crippen LogP contribution in [0.2, 0.25) is 0 Å². The SMILES string of the molecule is Cc1cc(OS(=O)(=O)C(F)(F)F)ccc1[C@H]1CN(C(=O)O)CC[C@@]12OC(=O)c1cc(F)c(F)cc12. The van der Waals surface area contributed by atoms with Gasteiger partial charge in [-0.1, -0.05) is 6.07 Å². The average molecular weight is 521 g/mol. The van der Waals surface area contributed by atoms with Crippen molar-refractivity contribution in [1.29, 1.82) is 0 Å². The summed E-state index contributed by atoms with van der Waals surface area (Å²) in [5, 5.41) is 9.49. The molecule has 35 heavy (non-hydrogen) atoms. The fourth-order valence-corrected chi connectivity index (χ4v) is 4.96. The van der Waals surface area contributed by atoms with Crippen molar-refractivity contribution >= 4 is 22.2 Å². The van der Waals surface area contributed by atoms with Crippen molar-refractivity contribution in [3.8, 4) is 5.75 Å². The van der Waals surface area contributed by atoms with Crippen LogP contribution >= 0.6 is 0 Å². The number of aryl methyl sites for hydroxylation is 1. The number of piperidine rings is 1. The summed E-state index contributed by atoms with van der Waals surface area (Å²) in [7, 11) is -5.94. The predicted molar refractivity (Wildman–Crippen MR) is 107 cm³/mol. The van der Waals surface area contributed by atoms with Gasteiger partial charge in [0.1, 0.15) is 11.4 Å². The van der Waals surface area contributed by atoms with Crippen molar-refractivity contribution in [2.75, 3.05) is 13.1 Å². The maximum atomic E-state index is 14.1. The first-order valence-corrected chi connectivity index (χ1v) is 11.4. The van der Waals surface area contributed by atoms with Gasteiger partial charge in [0.05, 0.1) is 5.56 Å². The Morgan fingerprint density at radius 3 is 2.46 bits per heavy atom. The van der Waals surface area contributed by atoms with Gasteiger partial charge in [0.15, 0.2) is 11.6 Å². The third-order valence-corrected chi connectivity index (χ3v) is 7.09. The number of rotatable bonds is 3. The number of fused-ring (bicyclic) bond motifs is 2. The molecule has 0 radical (unpaired) electrons. The van der Waals surface area contributed by atoms with Gasteiger partial charge in [0.2, 0.25) is 0 Å². The molecule has 0 aromatic heterocycles. The van der Waals surface area contributed by atoms with E-state index in [-0.39, 0.29) is 41.8 Å². The molecule has 2 aliphatic rings. The molecule has 14 heteroatoms. The topological polar surface area (TPSA) is 110 Å². The first-order valence-electron chi connectivity index (χ1n) is 9.98. The first kappa shape index (κ1) is 24.7. The van der Waals surface area contributed by atoms with Crippen molar-refractivity contribution in [1.82, 2.24) is 4.90 Å². The second-order valence-electron chi connectivity index (χ2n) is 8.12. The molecule has 1 fully saturated rings. The van der Waals surface area contributed by atoms with Crippen molar-refractivity contribution < 1.29 is 54.0 Å². The molecular formula is C21H16F5NO7S. The van der Waals surface area contributed by atoms with Crippen LogP contribution in [0.15, 0.2) is 30.3 Å². The molecule has 8 nitrogen and oxygen atoms in total. The number of ether oxygens (including phenoxy) is 1. The number of halogens is 5. The maximum Gasteiger partial charge on any atom is 0.534 e. The van der Waals surface area contributed by atoms with E-state index < -0.39 is 56.6 Å². The molecule has 0 aliphatic carbocycles. The number of likely N-dealkylation sites (tertiary alicyclic amines) is 1. The lowest BCUT2D eigenvalue weighted by Gasteiger charge is -2.44. The highest BCUT2D eigenvalue weighted by atomic mass is 32.2. The van der Waals surface area contributed by atoms with Crippen LogP contribution in [0.25, 0.3) is 0 Å². The zero-order valence-electron chi connectivity index (χ0n) is 17.7. The molecule has 1 amide bonds. The highest BCUT2D eigenvalue weighted by molar-refractivity contribution is 7.88. The van der Waals surface area contributed by atoms with Gasteiger partial charge >= 0.3 is 27.7 Å². The molecule has 0 bridgehead atoms. The van der Waals surface area contributed by atoms with Gasteiger partial charge in [-0.2, -0.15) is 21.6 Å². The third kappa shape index (κ3) is 4.05. The van der Waals surface area contributed by atoms with E-state index in [4.69, 9.17) is 4.74 Å². The Labute approximate surface area is 195 Å². The van der Waals surface area contributed by atoms with Crippen molar-refractivity contribution in [2.45, 2.75) is 30.4 Å². The second-order valence-corrected chi connectivity index (χ2v) is 9.66. The van der Waals surface area contributed by atoms with Crippen molar-refractivity contribution in [3.63, 3.8) is 0 Å². The summed E-state index contributed by atoms with van der Waals surface area (Å²) in [6, 6.07) is 4.63. The number of carboxylic acid groups (broad SMARTS) is 1. The number of nitrogens with zero attached hydrogens (tertiary/aromatic N) is 1. The normalized spacial score (nSPS) is 22.2. The van der Waals surface area contributed by atoms with Crippen LogP contribution in [0.5, 0.6) is 5.75 Å². The summed E-state index contributed by atoms with van der Waals surface area (Å²) in [6.07, 6.45) is -1.41. The van der Waals surface area contributed by atoms with Crippen LogP contribution in [0, 0.1) is 18.6 Å². The van der Waals surface area contributed by atoms with E-state index in [2.05, 4.69) is 4.18 Å². The van der Waals surface area contributed by atoms with E-state index >= 15 is 0 Å². The lowest BCUT2D eigenvalue weighted by atomic mass is 9.71. The Morgan fingerprint density at radius 1 is 1.20 bits per heavy atom. The van der Waals surface area contributed by atoms with Gasteiger partial charge in [-0.3, -0.25) is 0 Å². The van der Waals surface area contributed by atoms with Gasteiger partial charge in [-0.05, 0) is 42.3 Å². The van der Waals surface area contributed by atoms with Crippen LogP contribution in [0.3, 0.4) is 0 Å². The molecule has 2 heterocycles. The smallest absolute Gasteiger partial charge is 0.465 e. The molecule has 2 aromatic rings. The van der Waals surface area contributed by atoms with E-state index in [0.717, 1.165) is 23.1 Å². The van der Waals surface area contributed by atoms with E-state index in [0.29, 0.717) is 6.07 Å². The summed E-state index contributed by atoms with van der Waals surface area (Å²) in [4.78, 5) is 25.2. The van der Waals surface area contributed by atoms with Gasteiger partial charge in [0, 0.05) is 31.0 Å². The number of alkyl halides is 3. The Kier molecular flexibility index (Phi) is 5.69. The standard InChI is InChI=1S/C21H16F5NO7S/c1-10-6-11(34-35(31,32)21(24,25)26)2-3-12(10)15-9-27(19(29)30)5-4-20(15)14-8-17(23)16(22)7-13(14)18(28)33-20/h2-3,6-8,15H,4-5,9H2,1H3,(H,29,30)/t15-,20+/m1/s1. The van der Waals surface area contributed by atoms with E-state index in [9.17, 15) is 45.1 Å². The molecule has 1 N–H and O–H groups in total. The lowest BCUT2D eigenvalue weighted by Crippen LogP contribution is -2.50. The number of esters is 1. The number of carbonyl (C=O) groups is 2. The molecule has 2 aromatic carbocycles. The second kappa shape index (κ2) is 8.07. The molecule has 188 valence electrons. The molecule has 0 unspecified atom stereocenters. The maximum absolute atomic E-state index is 14.1. The Morgan fingerprint density at radius 2 is 1.86 bits per heavy atom. The monoisotopic (exact) mass is 521 g/mol. The third-order valence-electron chi connectivity index (χ3n) is 6.11. The number of hydrogen-bond acceptors (Lipinski definition) is 6. The summed E-state index contributed by atoms with van der Waals surface area (Å²) >= 11 is 0. The van der Waals surface area contributed by atoms with Gasteiger partial charge in [-0.25, -0.2) is 18.4 Å². The lowest BCUT2D eigenvalue weighted by molar-refractivity contribution is -0.0546. The summed E-state index contributed by atoms with van der Waals surface area (Å²) in [5.41, 5.74) is -7.02. The predicted octanol–water partition coefficient (Wildman–Crippen LogP) is 4.03. The van der Waals surface area contributed by atoms with Gasteiger partial charge in [-0.15, -0.1) is 0 Å². The van der Waals surface area contributed by atoms with Crippen LogP contribution in [-0.2, 0) is 20.5 Å². The highest BCUT2D eigenvalue weighted by Crippen LogP contribution is 2.52. The number of amides is 1. The summed E-state index contributed by atoms with van der Waals surface area (Å²) in [5.74, 6) is -5.11. The number of hydrogen-bond donors (Lipinski definition) is 1. The van der Waals surface area contributed by atoms with E-state index in [1.165, 1.54) is 13.0 Å². The minimum Gasteiger partial charge on any atom is -0.465 e. The number of benzene rings is 2. The molecule has 1 saturated heterocycles. The fourth-order valence-electron chi connectivity index (χ4n) is 4.51. The molecule has 0 saturated carbocycles. The Hall–Kier alpha value is -3.42. The summed E-state index contributed by atoms with van der Waals surface area (Å²) < 4.78 is 98.4. The van der Waals surface area contributed by atoms with E-state index in [1.807, 2.05) is 0 Å². The van der Waals surface area contributed by atoms with Crippen LogP contribution in [0.1, 0.15) is 39.4 Å². The van der Waals surface area contributed by atoms with Crippen LogP contribution in [-0.4, -0.2) is 49.1 Å². The first-order chi connectivity index (χ1) is 16.2. The minimum absolute atomic E-state index is 0.0100. The molecule has 2 atom stereocenters. The van der Waals surface area contributed by atoms with Crippen LogP contribution < -0.4 is 4.18 Å². The highest BCUT2D eigenvalue weighted by Gasteiger charge is 2.55. The van der Waals surface area contributed by atoms with Crippen molar-refractivity contribution in [2.24, 2.45) is 0 Å². The molecule has 1 spiro atoms. The average Bonchev–Trinajstić information content (AvgIpc) is 2.99. The molecular weight excluding hydrogens is 505 g/mol. The molecule has 4 rings (SSSR count). The quantitative estimate of drug-likeness (QED) is 0.281. The van der Waals surface area contributed by atoms with Crippen LogP contribution in [0.4, 0.5) is 26.7 Å². The van der Waals surface area contributed by atoms with Crippen molar-refractivity contribution in [3.05, 3.63) is 64.2 Å². The summed E-state index contributed by atoms with van der Waals surface area (Å²) in [6.45, 7) is 1.03. The molecule has 2 aliphatic heterocycles. The van der Waals surface area contributed by atoms with Gasteiger partial charge < -0.3 is 18.9 Å². The zero-order valence-corrected chi connectivity index (χ0v) is 18.5. The van der Waals surface area contributed by atoms with Gasteiger partial charge in [0.25, 0.3) is 0 Å². The van der Waals surface area contributed by atoms with E-state index in [1.54, 1.807) is 0 Å². The Balaban J connectivity index is 1.81. The Bertz CT molecular complexity index is 1340. The largest absolute Gasteiger partial charge is 0.534 e.